The van der Waals surface area contributed by atoms with Crippen LogP contribution in [0.2, 0.25) is 0 Å². The Bertz CT molecular complexity index is 543. The average molecular weight is 257 g/mol. The first-order chi connectivity index (χ1) is 9.13. The predicted molar refractivity (Wildman–Crippen MR) is 79.1 cm³/mol. The zero-order chi connectivity index (χ0) is 13.8. The van der Waals surface area contributed by atoms with E-state index in [-0.39, 0.29) is 6.04 Å². The molecule has 0 aliphatic rings. The molecule has 1 aromatic carbocycles. The minimum atomic E-state index is 0.0120. The standard InChI is InChI=1S/C16H23N3/c1-4-9-19-10-8-18-16(19)11-15(17)14-7-5-6-12(2)13(14)3/h5-8,10,15H,4,9,11,17H2,1-3H3. The summed E-state index contributed by atoms with van der Waals surface area (Å²) < 4.78 is 2.20. The summed E-state index contributed by atoms with van der Waals surface area (Å²) in [7, 11) is 0. The van der Waals surface area contributed by atoms with Gasteiger partial charge in [-0.15, -0.1) is 0 Å². The predicted octanol–water partition coefficient (Wildman–Crippen LogP) is 3.15. The van der Waals surface area contributed by atoms with Crippen LogP contribution in [0.3, 0.4) is 0 Å². The Kier molecular flexibility index (Phi) is 4.38. The fraction of sp³-hybridized carbons (Fsp3) is 0.438. The highest BCUT2D eigenvalue weighted by Gasteiger charge is 2.13. The van der Waals surface area contributed by atoms with Crippen LogP contribution in [-0.4, -0.2) is 9.55 Å². The van der Waals surface area contributed by atoms with Crippen LogP contribution in [0.25, 0.3) is 0 Å². The Labute approximate surface area is 115 Å². The molecule has 0 aliphatic heterocycles. The zero-order valence-corrected chi connectivity index (χ0v) is 12.1. The molecule has 3 heteroatoms. The maximum absolute atomic E-state index is 6.37. The maximum Gasteiger partial charge on any atom is 0.110 e. The van der Waals surface area contributed by atoms with E-state index < -0.39 is 0 Å². The monoisotopic (exact) mass is 257 g/mol. The maximum atomic E-state index is 6.37. The van der Waals surface area contributed by atoms with Crippen molar-refractivity contribution in [1.29, 1.82) is 0 Å². The molecule has 0 saturated heterocycles. The lowest BCUT2D eigenvalue weighted by Gasteiger charge is -2.16. The van der Waals surface area contributed by atoms with E-state index in [2.05, 4.69) is 48.5 Å². The van der Waals surface area contributed by atoms with E-state index in [1.807, 2.05) is 12.4 Å². The van der Waals surface area contributed by atoms with Gasteiger partial charge >= 0.3 is 0 Å². The van der Waals surface area contributed by atoms with Crippen molar-refractivity contribution in [3.05, 3.63) is 53.1 Å². The minimum absolute atomic E-state index is 0.0120. The van der Waals surface area contributed by atoms with Crippen LogP contribution in [0, 0.1) is 13.8 Å². The Morgan fingerprint density at radius 3 is 2.84 bits per heavy atom. The molecule has 1 aromatic heterocycles. The van der Waals surface area contributed by atoms with Gasteiger partial charge in [0.2, 0.25) is 0 Å². The number of nitrogens with zero attached hydrogens (tertiary/aromatic N) is 2. The van der Waals surface area contributed by atoms with Crippen molar-refractivity contribution in [3.8, 4) is 0 Å². The van der Waals surface area contributed by atoms with Crippen LogP contribution < -0.4 is 5.73 Å². The van der Waals surface area contributed by atoms with Crippen LogP contribution >= 0.6 is 0 Å². The van der Waals surface area contributed by atoms with Crippen molar-refractivity contribution < 1.29 is 0 Å². The van der Waals surface area contributed by atoms with Crippen LogP contribution in [0.5, 0.6) is 0 Å². The first-order valence-electron chi connectivity index (χ1n) is 6.95. The van der Waals surface area contributed by atoms with E-state index in [0.717, 1.165) is 25.2 Å². The largest absolute Gasteiger partial charge is 0.335 e. The molecule has 0 radical (unpaired) electrons. The first kappa shape index (κ1) is 13.8. The minimum Gasteiger partial charge on any atom is -0.335 e. The molecule has 2 rings (SSSR count). The molecule has 2 N–H and O–H groups in total. The summed E-state index contributed by atoms with van der Waals surface area (Å²) in [6.45, 7) is 7.45. The molecule has 0 saturated carbocycles. The summed E-state index contributed by atoms with van der Waals surface area (Å²) in [5, 5.41) is 0. The first-order valence-corrected chi connectivity index (χ1v) is 6.95. The second kappa shape index (κ2) is 6.02. The number of hydrogen-bond acceptors (Lipinski definition) is 2. The molecule has 2 aromatic rings. The van der Waals surface area contributed by atoms with Crippen molar-refractivity contribution in [2.45, 2.75) is 46.2 Å². The Balaban J connectivity index is 2.18. The van der Waals surface area contributed by atoms with Crippen molar-refractivity contribution >= 4 is 0 Å². The molecule has 1 unspecified atom stereocenters. The lowest BCUT2D eigenvalue weighted by molar-refractivity contribution is 0.597. The summed E-state index contributed by atoms with van der Waals surface area (Å²) in [4.78, 5) is 4.44. The molecule has 0 fully saturated rings. The summed E-state index contributed by atoms with van der Waals surface area (Å²) in [6, 6.07) is 6.35. The second-order valence-corrected chi connectivity index (χ2v) is 5.14. The second-order valence-electron chi connectivity index (χ2n) is 5.14. The van der Waals surface area contributed by atoms with Crippen LogP contribution in [0.15, 0.2) is 30.6 Å². The summed E-state index contributed by atoms with van der Waals surface area (Å²) >= 11 is 0. The van der Waals surface area contributed by atoms with Crippen molar-refractivity contribution in [2.24, 2.45) is 5.73 Å². The number of hydrogen-bond donors (Lipinski definition) is 1. The fourth-order valence-corrected chi connectivity index (χ4v) is 2.46. The van der Waals surface area contributed by atoms with Crippen molar-refractivity contribution in [2.75, 3.05) is 0 Å². The van der Waals surface area contributed by atoms with Gasteiger partial charge < -0.3 is 10.3 Å². The van der Waals surface area contributed by atoms with Gasteiger partial charge in [-0.2, -0.15) is 0 Å². The quantitative estimate of drug-likeness (QED) is 0.894. The zero-order valence-electron chi connectivity index (χ0n) is 12.1. The van der Waals surface area contributed by atoms with Crippen LogP contribution in [-0.2, 0) is 13.0 Å². The van der Waals surface area contributed by atoms with Gasteiger partial charge in [-0.3, -0.25) is 0 Å². The number of aryl methyl sites for hydroxylation is 2. The molecular weight excluding hydrogens is 234 g/mol. The Morgan fingerprint density at radius 2 is 2.11 bits per heavy atom. The summed E-state index contributed by atoms with van der Waals surface area (Å²) in [5.41, 5.74) is 10.2. The van der Waals surface area contributed by atoms with E-state index >= 15 is 0 Å². The van der Waals surface area contributed by atoms with Gasteiger partial charge in [0, 0.05) is 31.4 Å². The highest BCUT2D eigenvalue weighted by atomic mass is 15.1. The van der Waals surface area contributed by atoms with Crippen LogP contribution in [0.1, 0.15) is 41.9 Å². The number of imidazole rings is 1. The molecular formula is C16H23N3. The SMILES string of the molecule is CCCn1ccnc1CC(N)c1cccc(C)c1C. The smallest absolute Gasteiger partial charge is 0.110 e. The van der Waals surface area contributed by atoms with Gasteiger partial charge in [0.15, 0.2) is 0 Å². The molecule has 0 aliphatic carbocycles. The highest BCUT2D eigenvalue weighted by molar-refractivity contribution is 5.35. The van der Waals surface area contributed by atoms with Crippen molar-refractivity contribution in [1.82, 2.24) is 9.55 Å². The van der Waals surface area contributed by atoms with E-state index in [1.54, 1.807) is 0 Å². The van der Waals surface area contributed by atoms with Gasteiger partial charge in [-0.25, -0.2) is 4.98 Å². The molecule has 0 amide bonds. The Hall–Kier alpha value is -1.61. The molecule has 0 bridgehead atoms. The fourth-order valence-electron chi connectivity index (χ4n) is 2.46. The molecule has 0 spiro atoms. The number of nitrogens with two attached hydrogens (primary N) is 1. The number of aromatic nitrogens is 2. The summed E-state index contributed by atoms with van der Waals surface area (Å²) in [6.07, 6.45) is 5.80. The lowest BCUT2D eigenvalue weighted by Crippen LogP contribution is -2.18. The van der Waals surface area contributed by atoms with Gasteiger partial charge in [-0.05, 0) is 37.0 Å². The van der Waals surface area contributed by atoms with Crippen LogP contribution in [0.4, 0.5) is 0 Å². The molecule has 19 heavy (non-hydrogen) atoms. The van der Waals surface area contributed by atoms with E-state index in [1.165, 1.54) is 16.7 Å². The molecule has 1 atom stereocenters. The highest BCUT2D eigenvalue weighted by Crippen LogP contribution is 2.21. The lowest BCUT2D eigenvalue weighted by atomic mass is 9.96. The van der Waals surface area contributed by atoms with Gasteiger partial charge in [0.25, 0.3) is 0 Å². The van der Waals surface area contributed by atoms with Gasteiger partial charge in [0.05, 0.1) is 0 Å². The third-order valence-electron chi connectivity index (χ3n) is 3.71. The van der Waals surface area contributed by atoms with Crippen molar-refractivity contribution in [3.63, 3.8) is 0 Å². The normalized spacial score (nSPS) is 12.6. The third kappa shape index (κ3) is 3.04. The van der Waals surface area contributed by atoms with E-state index in [9.17, 15) is 0 Å². The Morgan fingerprint density at radius 1 is 1.32 bits per heavy atom. The van der Waals surface area contributed by atoms with Gasteiger partial charge in [-0.1, -0.05) is 25.1 Å². The third-order valence-corrected chi connectivity index (χ3v) is 3.71. The average Bonchev–Trinajstić information content (AvgIpc) is 2.80. The summed E-state index contributed by atoms with van der Waals surface area (Å²) in [5.74, 6) is 1.08. The molecule has 102 valence electrons. The molecule has 3 nitrogen and oxygen atoms in total. The van der Waals surface area contributed by atoms with E-state index in [0.29, 0.717) is 0 Å². The van der Waals surface area contributed by atoms with E-state index in [4.69, 9.17) is 5.73 Å². The molecule has 1 heterocycles. The number of benzene rings is 1. The number of rotatable bonds is 5. The topological polar surface area (TPSA) is 43.8 Å². The van der Waals surface area contributed by atoms with Gasteiger partial charge in [0.1, 0.15) is 5.82 Å².